The molecule has 1 aromatic heterocycles. The first-order chi connectivity index (χ1) is 8.65. The summed E-state index contributed by atoms with van der Waals surface area (Å²) in [6, 6.07) is 5.11. The van der Waals surface area contributed by atoms with E-state index in [9.17, 15) is 9.59 Å². The highest BCUT2D eigenvalue weighted by atomic mass is 16.2. The molecule has 1 aliphatic heterocycles. The number of rotatable bonds is 2. The molecule has 92 valence electrons. The summed E-state index contributed by atoms with van der Waals surface area (Å²) in [5.41, 5.74) is 7.00. The monoisotopic (exact) mass is 244 g/mol. The van der Waals surface area contributed by atoms with E-state index in [1.165, 1.54) is 0 Å². The minimum atomic E-state index is -0.505. The van der Waals surface area contributed by atoms with Crippen LogP contribution in [-0.4, -0.2) is 21.8 Å². The summed E-state index contributed by atoms with van der Waals surface area (Å²) >= 11 is 0. The largest absolute Gasteiger partial charge is 0.366 e. The van der Waals surface area contributed by atoms with Gasteiger partial charge in [0.15, 0.2) is 0 Å². The molecule has 18 heavy (non-hydrogen) atoms. The van der Waals surface area contributed by atoms with Crippen molar-refractivity contribution in [2.75, 3.05) is 0 Å². The van der Waals surface area contributed by atoms with Gasteiger partial charge in [-0.2, -0.15) is 0 Å². The van der Waals surface area contributed by atoms with E-state index in [0.29, 0.717) is 29.7 Å². The van der Waals surface area contributed by atoms with Gasteiger partial charge >= 0.3 is 0 Å². The number of carbonyl (C=O) groups excluding carboxylic acids is 2. The Morgan fingerprint density at radius 1 is 1.44 bits per heavy atom. The first kappa shape index (κ1) is 10.8. The Labute approximate surface area is 103 Å². The Kier molecular flexibility index (Phi) is 2.29. The van der Waals surface area contributed by atoms with Gasteiger partial charge in [0.1, 0.15) is 11.3 Å². The van der Waals surface area contributed by atoms with E-state index in [-0.39, 0.29) is 11.9 Å². The van der Waals surface area contributed by atoms with Crippen molar-refractivity contribution in [1.29, 1.82) is 0 Å². The predicted molar refractivity (Wildman–Crippen MR) is 64.7 cm³/mol. The van der Waals surface area contributed by atoms with E-state index in [1.807, 2.05) is 6.07 Å². The molecule has 3 rings (SSSR count). The third-order valence-corrected chi connectivity index (χ3v) is 3.12. The second-order valence-corrected chi connectivity index (χ2v) is 4.35. The van der Waals surface area contributed by atoms with Crippen LogP contribution in [0.2, 0.25) is 0 Å². The second-order valence-electron chi connectivity index (χ2n) is 4.35. The number of amides is 2. The van der Waals surface area contributed by atoms with Crippen LogP contribution in [0, 0.1) is 0 Å². The molecule has 2 aromatic rings. The van der Waals surface area contributed by atoms with E-state index in [2.05, 4.69) is 15.3 Å². The molecule has 6 nitrogen and oxygen atoms in total. The Morgan fingerprint density at radius 3 is 2.94 bits per heavy atom. The summed E-state index contributed by atoms with van der Waals surface area (Å²) in [4.78, 5) is 30.0. The fourth-order valence-corrected chi connectivity index (χ4v) is 2.23. The number of para-hydroxylation sites is 1. The molecule has 1 saturated heterocycles. The number of nitrogens with one attached hydrogen (secondary N) is 2. The summed E-state index contributed by atoms with van der Waals surface area (Å²) in [5.74, 6) is 0.189. The van der Waals surface area contributed by atoms with Gasteiger partial charge in [0, 0.05) is 6.42 Å². The molecule has 6 heteroatoms. The molecule has 4 N–H and O–H groups in total. The van der Waals surface area contributed by atoms with Crippen LogP contribution in [0.25, 0.3) is 11.0 Å². The number of nitrogens with two attached hydrogens (primary N) is 1. The molecular formula is C12H12N4O2. The lowest BCUT2D eigenvalue weighted by molar-refractivity contribution is -0.119. The van der Waals surface area contributed by atoms with Gasteiger partial charge in [-0.25, -0.2) is 4.98 Å². The lowest BCUT2D eigenvalue weighted by Crippen LogP contribution is -2.19. The van der Waals surface area contributed by atoms with Gasteiger partial charge in [0.2, 0.25) is 5.91 Å². The summed E-state index contributed by atoms with van der Waals surface area (Å²) in [6.45, 7) is 0. The van der Waals surface area contributed by atoms with Crippen molar-refractivity contribution in [3.8, 4) is 0 Å². The van der Waals surface area contributed by atoms with Gasteiger partial charge in [-0.15, -0.1) is 0 Å². The van der Waals surface area contributed by atoms with Crippen molar-refractivity contribution in [2.24, 2.45) is 5.73 Å². The maximum Gasteiger partial charge on any atom is 0.250 e. The van der Waals surface area contributed by atoms with Crippen LogP contribution in [-0.2, 0) is 4.79 Å². The second kappa shape index (κ2) is 3.83. The van der Waals surface area contributed by atoms with E-state index < -0.39 is 5.91 Å². The average molecular weight is 244 g/mol. The van der Waals surface area contributed by atoms with Gasteiger partial charge in [-0.05, 0) is 18.6 Å². The van der Waals surface area contributed by atoms with Crippen molar-refractivity contribution in [3.63, 3.8) is 0 Å². The number of aromatic amines is 1. The number of hydrogen-bond donors (Lipinski definition) is 3. The molecule has 1 aliphatic rings. The van der Waals surface area contributed by atoms with Crippen LogP contribution in [0.4, 0.5) is 0 Å². The highest BCUT2D eigenvalue weighted by Gasteiger charge is 2.25. The Morgan fingerprint density at radius 2 is 2.28 bits per heavy atom. The number of carbonyl (C=O) groups is 2. The molecule has 0 unspecified atom stereocenters. The summed E-state index contributed by atoms with van der Waals surface area (Å²) < 4.78 is 0. The van der Waals surface area contributed by atoms with Crippen molar-refractivity contribution >= 4 is 22.8 Å². The van der Waals surface area contributed by atoms with Crippen LogP contribution < -0.4 is 11.1 Å². The standard InChI is InChI=1S/C12H12N4O2/c13-11(18)6-2-1-3-7-10(6)16-12(15-7)8-4-5-9(17)14-8/h1-3,8H,4-5H2,(H2,13,18)(H,14,17)(H,15,16)/t8-/m0/s1. The first-order valence-electron chi connectivity index (χ1n) is 5.73. The molecule has 2 amide bonds. The van der Waals surface area contributed by atoms with Crippen molar-refractivity contribution in [2.45, 2.75) is 18.9 Å². The first-order valence-corrected chi connectivity index (χ1v) is 5.73. The summed E-state index contributed by atoms with van der Waals surface area (Å²) in [6.07, 6.45) is 1.22. The molecule has 0 aliphatic carbocycles. The average Bonchev–Trinajstić information content (AvgIpc) is 2.93. The summed E-state index contributed by atoms with van der Waals surface area (Å²) in [7, 11) is 0. The number of imidazole rings is 1. The van der Waals surface area contributed by atoms with Crippen LogP contribution in [0.15, 0.2) is 18.2 Å². The van der Waals surface area contributed by atoms with Crippen LogP contribution in [0.1, 0.15) is 35.1 Å². The molecule has 0 bridgehead atoms. The van der Waals surface area contributed by atoms with Gasteiger partial charge in [0.05, 0.1) is 17.1 Å². The topological polar surface area (TPSA) is 101 Å². The molecule has 0 spiro atoms. The smallest absolute Gasteiger partial charge is 0.250 e. The molecule has 1 aromatic carbocycles. The minimum absolute atomic E-state index is 0.0237. The van der Waals surface area contributed by atoms with E-state index in [0.717, 1.165) is 5.52 Å². The third-order valence-electron chi connectivity index (χ3n) is 3.12. The molecule has 1 fully saturated rings. The summed E-state index contributed by atoms with van der Waals surface area (Å²) in [5, 5.41) is 2.83. The maximum absolute atomic E-state index is 11.3. The lowest BCUT2D eigenvalue weighted by atomic mass is 10.2. The quantitative estimate of drug-likeness (QED) is 0.721. The van der Waals surface area contributed by atoms with Crippen molar-refractivity contribution in [1.82, 2.24) is 15.3 Å². The normalized spacial score (nSPS) is 19.1. The van der Waals surface area contributed by atoms with Gasteiger partial charge < -0.3 is 16.0 Å². The zero-order valence-corrected chi connectivity index (χ0v) is 9.56. The SMILES string of the molecule is NC(=O)c1cccc2[nH]c([C@@H]3CCC(=O)N3)nc12. The van der Waals surface area contributed by atoms with E-state index in [4.69, 9.17) is 5.73 Å². The fraction of sp³-hybridized carbons (Fsp3) is 0.250. The van der Waals surface area contributed by atoms with Crippen molar-refractivity contribution in [3.05, 3.63) is 29.6 Å². The fourth-order valence-electron chi connectivity index (χ4n) is 2.23. The van der Waals surface area contributed by atoms with Gasteiger partial charge in [-0.3, -0.25) is 9.59 Å². The van der Waals surface area contributed by atoms with E-state index >= 15 is 0 Å². The van der Waals surface area contributed by atoms with Crippen LogP contribution >= 0.6 is 0 Å². The zero-order chi connectivity index (χ0) is 12.7. The predicted octanol–water partition coefficient (Wildman–Crippen LogP) is 0.613. The molecule has 0 saturated carbocycles. The Balaban J connectivity index is 2.08. The Hall–Kier alpha value is -2.37. The third kappa shape index (κ3) is 1.62. The van der Waals surface area contributed by atoms with Crippen LogP contribution in [0.5, 0.6) is 0 Å². The van der Waals surface area contributed by atoms with Crippen molar-refractivity contribution < 1.29 is 9.59 Å². The van der Waals surface area contributed by atoms with E-state index in [1.54, 1.807) is 12.1 Å². The van der Waals surface area contributed by atoms with Gasteiger partial charge in [0.25, 0.3) is 5.91 Å². The number of primary amides is 1. The molecule has 0 radical (unpaired) electrons. The number of fused-ring (bicyclic) bond motifs is 1. The highest BCUT2D eigenvalue weighted by molar-refractivity contribution is 6.04. The molecule has 2 heterocycles. The Bertz CT molecular complexity index is 647. The minimum Gasteiger partial charge on any atom is -0.366 e. The van der Waals surface area contributed by atoms with Gasteiger partial charge in [-0.1, -0.05) is 6.07 Å². The number of nitrogens with zero attached hydrogens (tertiary/aromatic N) is 1. The maximum atomic E-state index is 11.3. The number of aromatic nitrogens is 2. The highest BCUT2D eigenvalue weighted by Crippen LogP contribution is 2.25. The molecule has 1 atom stereocenters. The lowest BCUT2D eigenvalue weighted by Gasteiger charge is -2.04. The molecular weight excluding hydrogens is 232 g/mol. The zero-order valence-electron chi connectivity index (χ0n) is 9.56. The number of H-pyrrole nitrogens is 1. The van der Waals surface area contributed by atoms with Crippen LogP contribution in [0.3, 0.4) is 0 Å². The number of benzene rings is 1. The number of hydrogen-bond acceptors (Lipinski definition) is 3.